The molecular weight excluding hydrogens is 124 g/mol. The predicted molar refractivity (Wildman–Crippen MR) is 44.9 cm³/mol. The van der Waals surface area contributed by atoms with E-state index >= 15 is 0 Å². The lowest BCUT2D eigenvalue weighted by Crippen LogP contribution is -2.18. The lowest BCUT2D eigenvalue weighted by atomic mass is 10.1. The Morgan fingerprint density at radius 1 is 1.60 bits per heavy atom. The molecule has 1 unspecified atom stereocenters. The quantitative estimate of drug-likeness (QED) is 0.528. The van der Waals surface area contributed by atoms with Crippen LogP contribution >= 0.6 is 0 Å². The molecule has 0 bridgehead atoms. The Labute approximate surface area is 62.1 Å². The van der Waals surface area contributed by atoms with Crippen molar-refractivity contribution in [3.05, 3.63) is 0 Å². The van der Waals surface area contributed by atoms with Crippen LogP contribution in [0.4, 0.5) is 0 Å². The number of aliphatic imine (C=N–C) groups is 2. The maximum atomic E-state index is 4.35. The first-order chi connectivity index (χ1) is 4.74. The third-order valence-electron chi connectivity index (χ3n) is 1.88. The summed E-state index contributed by atoms with van der Waals surface area (Å²) in [7, 11) is 0. The van der Waals surface area contributed by atoms with Gasteiger partial charge in [-0.2, -0.15) is 0 Å². The Balaban J connectivity index is 2.69. The Hall–Kier alpha value is -0.660. The van der Waals surface area contributed by atoms with Gasteiger partial charge in [0, 0.05) is 24.6 Å². The minimum Gasteiger partial charge on any atom is -0.270 e. The maximum Gasteiger partial charge on any atom is 0.122 e. The SMILES string of the molecule is CCC1=NCC(C)C(C)=N1. The zero-order valence-electron chi connectivity index (χ0n) is 6.89. The van der Waals surface area contributed by atoms with Gasteiger partial charge in [-0.05, 0) is 6.92 Å². The second kappa shape index (κ2) is 2.95. The van der Waals surface area contributed by atoms with Crippen LogP contribution in [0, 0.1) is 5.92 Å². The summed E-state index contributed by atoms with van der Waals surface area (Å²) >= 11 is 0. The summed E-state index contributed by atoms with van der Waals surface area (Å²) in [5, 5.41) is 0. The van der Waals surface area contributed by atoms with Gasteiger partial charge in [0.2, 0.25) is 0 Å². The van der Waals surface area contributed by atoms with Crippen molar-refractivity contribution in [1.82, 2.24) is 0 Å². The van der Waals surface area contributed by atoms with Crippen LogP contribution in [0.5, 0.6) is 0 Å². The Kier molecular flexibility index (Phi) is 2.20. The molecule has 1 aliphatic heterocycles. The van der Waals surface area contributed by atoms with Gasteiger partial charge < -0.3 is 0 Å². The highest BCUT2D eigenvalue weighted by Gasteiger charge is 2.10. The van der Waals surface area contributed by atoms with Crippen molar-refractivity contribution in [2.24, 2.45) is 15.9 Å². The Bertz CT molecular complexity index is 180. The molecule has 0 saturated heterocycles. The molecule has 1 aliphatic rings. The van der Waals surface area contributed by atoms with Crippen LogP contribution in [0.25, 0.3) is 0 Å². The van der Waals surface area contributed by atoms with Crippen LogP contribution in [0.3, 0.4) is 0 Å². The summed E-state index contributed by atoms with van der Waals surface area (Å²) in [5.74, 6) is 1.56. The molecular formula is C8H14N2. The van der Waals surface area contributed by atoms with E-state index in [2.05, 4.69) is 30.8 Å². The van der Waals surface area contributed by atoms with E-state index in [1.807, 2.05) is 0 Å². The molecule has 0 radical (unpaired) electrons. The van der Waals surface area contributed by atoms with Crippen LogP contribution in [-0.4, -0.2) is 18.1 Å². The lowest BCUT2D eigenvalue weighted by molar-refractivity contribution is 0.763. The molecule has 0 amide bonds. The molecule has 0 saturated carbocycles. The smallest absolute Gasteiger partial charge is 0.122 e. The fourth-order valence-electron chi connectivity index (χ4n) is 0.914. The number of rotatable bonds is 1. The largest absolute Gasteiger partial charge is 0.270 e. The molecule has 10 heavy (non-hydrogen) atoms. The van der Waals surface area contributed by atoms with Gasteiger partial charge in [0.1, 0.15) is 5.84 Å². The number of nitrogens with zero attached hydrogens (tertiary/aromatic N) is 2. The van der Waals surface area contributed by atoms with Crippen LogP contribution in [0.2, 0.25) is 0 Å². The molecule has 56 valence electrons. The molecule has 2 nitrogen and oxygen atoms in total. The number of hydrogen-bond acceptors (Lipinski definition) is 2. The van der Waals surface area contributed by atoms with Crippen molar-refractivity contribution < 1.29 is 0 Å². The van der Waals surface area contributed by atoms with Gasteiger partial charge in [-0.3, -0.25) is 4.99 Å². The monoisotopic (exact) mass is 138 g/mol. The van der Waals surface area contributed by atoms with Crippen molar-refractivity contribution >= 4 is 11.5 Å². The van der Waals surface area contributed by atoms with Gasteiger partial charge in [0.25, 0.3) is 0 Å². The average Bonchev–Trinajstić information content (AvgIpc) is 1.95. The van der Waals surface area contributed by atoms with Gasteiger partial charge in [0.05, 0.1) is 0 Å². The number of amidine groups is 1. The van der Waals surface area contributed by atoms with E-state index in [-0.39, 0.29) is 0 Å². The Morgan fingerprint density at radius 3 is 2.80 bits per heavy atom. The molecule has 0 aromatic rings. The van der Waals surface area contributed by atoms with Crippen molar-refractivity contribution in [2.75, 3.05) is 6.54 Å². The summed E-state index contributed by atoms with van der Waals surface area (Å²) in [4.78, 5) is 8.66. The summed E-state index contributed by atoms with van der Waals surface area (Å²) in [6.45, 7) is 7.26. The molecule has 0 aliphatic carbocycles. The van der Waals surface area contributed by atoms with E-state index in [1.54, 1.807) is 0 Å². The fourth-order valence-corrected chi connectivity index (χ4v) is 0.914. The van der Waals surface area contributed by atoms with Gasteiger partial charge in [-0.15, -0.1) is 0 Å². The zero-order chi connectivity index (χ0) is 7.56. The minimum absolute atomic E-state index is 0.551. The van der Waals surface area contributed by atoms with Crippen LogP contribution < -0.4 is 0 Å². The van der Waals surface area contributed by atoms with Gasteiger partial charge in [0.15, 0.2) is 0 Å². The molecule has 1 atom stereocenters. The second-order valence-corrected chi connectivity index (χ2v) is 2.76. The molecule has 0 spiro atoms. The maximum absolute atomic E-state index is 4.35. The zero-order valence-corrected chi connectivity index (χ0v) is 6.89. The van der Waals surface area contributed by atoms with Crippen molar-refractivity contribution in [3.63, 3.8) is 0 Å². The molecule has 0 fully saturated rings. The van der Waals surface area contributed by atoms with E-state index in [9.17, 15) is 0 Å². The highest BCUT2D eigenvalue weighted by atomic mass is 14.9. The summed E-state index contributed by atoms with van der Waals surface area (Å²) in [6, 6.07) is 0. The van der Waals surface area contributed by atoms with Crippen molar-refractivity contribution in [1.29, 1.82) is 0 Å². The third kappa shape index (κ3) is 1.43. The first-order valence-corrected chi connectivity index (χ1v) is 3.82. The van der Waals surface area contributed by atoms with Gasteiger partial charge in [-0.25, -0.2) is 4.99 Å². The molecule has 0 N–H and O–H groups in total. The first-order valence-electron chi connectivity index (χ1n) is 3.82. The van der Waals surface area contributed by atoms with Gasteiger partial charge >= 0.3 is 0 Å². The third-order valence-corrected chi connectivity index (χ3v) is 1.88. The summed E-state index contributed by atoms with van der Waals surface area (Å²) in [6.07, 6.45) is 0.962. The van der Waals surface area contributed by atoms with Crippen LogP contribution in [0.1, 0.15) is 27.2 Å². The van der Waals surface area contributed by atoms with E-state index in [1.165, 1.54) is 5.71 Å². The van der Waals surface area contributed by atoms with E-state index in [0.29, 0.717) is 5.92 Å². The molecule has 0 aromatic carbocycles. The standard InChI is InChI=1S/C8H14N2/c1-4-8-9-5-6(2)7(3)10-8/h6H,4-5H2,1-3H3. The first kappa shape index (κ1) is 7.45. The van der Waals surface area contributed by atoms with E-state index in [0.717, 1.165) is 18.8 Å². The van der Waals surface area contributed by atoms with E-state index in [4.69, 9.17) is 0 Å². The summed E-state index contributed by atoms with van der Waals surface area (Å²) < 4.78 is 0. The number of hydrogen-bond donors (Lipinski definition) is 0. The highest BCUT2D eigenvalue weighted by molar-refractivity contribution is 5.99. The molecule has 1 rings (SSSR count). The van der Waals surface area contributed by atoms with E-state index < -0.39 is 0 Å². The average molecular weight is 138 g/mol. The second-order valence-electron chi connectivity index (χ2n) is 2.76. The topological polar surface area (TPSA) is 24.7 Å². The molecule has 1 heterocycles. The molecule has 2 heteroatoms. The lowest BCUT2D eigenvalue weighted by Gasteiger charge is -2.14. The molecule has 0 aromatic heterocycles. The van der Waals surface area contributed by atoms with Crippen molar-refractivity contribution in [3.8, 4) is 0 Å². The van der Waals surface area contributed by atoms with Crippen molar-refractivity contribution in [2.45, 2.75) is 27.2 Å². The van der Waals surface area contributed by atoms with Crippen LogP contribution in [-0.2, 0) is 0 Å². The normalized spacial score (nSPS) is 25.7. The predicted octanol–water partition coefficient (Wildman–Crippen LogP) is 1.91. The highest BCUT2D eigenvalue weighted by Crippen LogP contribution is 2.07. The summed E-state index contributed by atoms with van der Waals surface area (Å²) in [5.41, 5.74) is 1.23. The fraction of sp³-hybridized carbons (Fsp3) is 0.750. The Morgan fingerprint density at radius 2 is 2.30 bits per heavy atom. The van der Waals surface area contributed by atoms with Crippen LogP contribution in [0.15, 0.2) is 9.98 Å². The van der Waals surface area contributed by atoms with Gasteiger partial charge in [-0.1, -0.05) is 13.8 Å². The minimum atomic E-state index is 0.551.